The molecule has 0 atom stereocenters. The van der Waals surface area contributed by atoms with Gasteiger partial charge in [-0.25, -0.2) is 13.4 Å². The standard InChI is InChI=1S/C19H19NO5S/c1-19(2)18(21)16(13-7-10-15(24-3)20-11-13)17(25-19)12-5-8-14(9-6-12)26(4,22)23/h5-11H,1-4H3. The lowest BCUT2D eigenvalue weighted by molar-refractivity contribution is -0.125. The summed E-state index contributed by atoms with van der Waals surface area (Å²) < 4.78 is 34.3. The summed E-state index contributed by atoms with van der Waals surface area (Å²) in [6, 6.07) is 9.69. The van der Waals surface area contributed by atoms with Gasteiger partial charge in [0.1, 0.15) is 5.76 Å². The lowest BCUT2D eigenvalue weighted by Crippen LogP contribution is -2.29. The van der Waals surface area contributed by atoms with E-state index in [1.165, 1.54) is 19.2 Å². The summed E-state index contributed by atoms with van der Waals surface area (Å²) in [6.45, 7) is 3.40. The van der Waals surface area contributed by atoms with Crippen LogP contribution < -0.4 is 4.74 Å². The molecule has 0 bridgehead atoms. The van der Waals surface area contributed by atoms with Crippen LogP contribution in [-0.2, 0) is 19.4 Å². The molecule has 3 rings (SSSR count). The summed E-state index contributed by atoms with van der Waals surface area (Å²) in [6.07, 6.45) is 2.70. The molecule has 1 aromatic carbocycles. The fraction of sp³-hybridized carbons (Fsp3) is 0.263. The molecular weight excluding hydrogens is 354 g/mol. The lowest BCUT2D eigenvalue weighted by atomic mass is 9.93. The van der Waals surface area contributed by atoms with Crippen LogP contribution in [0.5, 0.6) is 5.88 Å². The Morgan fingerprint density at radius 1 is 1.04 bits per heavy atom. The van der Waals surface area contributed by atoms with E-state index in [2.05, 4.69) is 4.98 Å². The maximum atomic E-state index is 12.9. The highest BCUT2D eigenvalue weighted by Gasteiger charge is 2.42. The van der Waals surface area contributed by atoms with Gasteiger partial charge in [-0.1, -0.05) is 0 Å². The van der Waals surface area contributed by atoms with Gasteiger partial charge in [0.05, 0.1) is 17.6 Å². The van der Waals surface area contributed by atoms with Crippen LogP contribution >= 0.6 is 0 Å². The summed E-state index contributed by atoms with van der Waals surface area (Å²) in [5.74, 6) is 0.692. The van der Waals surface area contributed by atoms with Crippen molar-refractivity contribution >= 4 is 27.0 Å². The third-order valence-electron chi connectivity index (χ3n) is 4.14. The van der Waals surface area contributed by atoms with Crippen molar-refractivity contribution < 1.29 is 22.7 Å². The topological polar surface area (TPSA) is 82.6 Å². The summed E-state index contributed by atoms with van der Waals surface area (Å²) in [5.41, 5.74) is 0.642. The summed E-state index contributed by atoms with van der Waals surface area (Å²) in [4.78, 5) is 17.2. The van der Waals surface area contributed by atoms with Gasteiger partial charge in [-0.3, -0.25) is 4.79 Å². The van der Waals surface area contributed by atoms with Gasteiger partial charge in [-0.2, -0.15) is 0 Å². The minimum absolute atomic E-state index is 0.161. The molecule has 2 aromatic rings. The van der Waals surface area contributed by atoms with E-state index in [1.807, 2.05) is 0 Å². The van der Waals surface area contributed by atoms with Gasteiger partial charge >= 0.3 is 0 Å². The summed E-state index contributed by atoms with van der Waals surface area (Å²) >= 11 is 0. The molecule has 0 unspecified atom stereocenters. The van der Waals surface area contributed by atoms with Crippen LogP contribution in [0.1, 0.15) is 25.0 Å². The first-order valence-corrected chi connectivity index (χ1v) is 9.81. The van der Waals surface area contributed by atoms with Gasteiger partial charge in [0, 0.05) is 29.6 Å². The molecule has 0 spiro atoms. The number of ketones is 1. The zero-order chi connectivity index (χ0) is 19.1. The molecular formula is C19H19NO5S. The van der Waals surface area contributed by atoms with Gasteiger partial charge in [-0.15, -0.1) is 0 Å². The van der Waals surface area contributed by atoms with Crippen LogP contribution in [0.25, 0.3) is 11.3 Å². The minimum atomic E-state index is -3.30. The summed E-state index contributed by atoms with van der Waals surface area (Å²) in [5, 5.41) is 0. The number of nitrogens with zero attached hydrogens (tertiary/aromatic N) is 1. The Morgan fingerprint density at radius 2 is 1.65 bits per heavy atom. The van der Waals surface area contributed by atoms with Crippen molar-refractivity contribution in [2.24, 2.45) is 0 Å². The Morgan fingerprint density at radius 3 is 2.15 bits per heavy atom. The molecule has 0 saturated carbocycles. The first-order valence-electron chi connectivity index (χ1n) is 7.92. The number of carbonyl (C=O) groups excluding carboxylic acids is 1. The number of benzene rings is 1. The predicted molar refractivity (Wildman–Crippen MR) is 97.3 cm³/mol. The highest BCUT2D eigenvalue weighted by Crippen LogP contribution is 2.41. The maximum absolute atomic E-state index is 12.9. The second kappa shape index (κ2) is 6.25. The Balaban J connectivity index is 2.13. The Bertz CT molecular complexity index is 987. The van der Waals surface area contributed by atoms with Crippen LogP contribution in [0.2, 0.25) is 0 Å². The number of carbonyl (C=O) groups is 1. The molecule has 0 amide bonds. The number of hydrogen-bond acceptors (Lipinski definition) is 6. The molecule has 0 radical (unpaired) electrons. The molecule has 0 aliphatic carbocycles. The van der Waals surface area contributed by atoms with E-state index in [-0.39, 0.29) is 10.7 Å². The van der Waals surface area contributed by atoms with Crippen molar-refractivity contribution in [3.63, 3.8) is 0 Å². The number of Topliss-reactive ketones (excluding diaryl/α,β-unsaturated/α-hetero) is 1. The Hall–Kier alpha value is -2.67. The second-order valence-electron chi connectivity index (χ2n) is 6.53. The van der Waals surface area contributed by atoms with Crippen LogP contribution in [0.15, 0.2) is 47.5 Å². The number of ether oxygens (including phenoxy) is 2. The Kier molecular flexibility index (Phi) is 4.36. The van der Waals surface area contributed by atoms with Gasteiger partial charge in [-0.05, 0) is 44.2 Å². The highest BCUT2D eigenvalue weighted by atomic mass is 32.2. The first-order chi connectivity index (χ1) is 12.1. The quantitative estimate of drug-likeness (QED) is 0.820. The lowest BCUT2D eigenvalue weighted by Gasteiger charge is -2.17. The Labute approximate surface area is 152 Å². The van der Waals surface area contributed by atoms with Crippen molar-refractivity contribution in [1.29, 1.82) is 0 Å². The molecule has 7 heteroatoms. The van der Waals surface area contributed by atoms with Gasteiger partial charge < -0.3 is 9.47 Å². The molecule has 0 fully saturated rings. The molecule has 1 aromatic heterocycles. The largest absolute Gasteiger partial charge is 0.481 e. The van der Waals surface area contributed by atoms with Crippen LogP contribution in [-0.4, -0.2) is 38.2 Å². The molecule has 136 valence electrons. The van der Waals surface area contributed by atoms with E-state index < -0.39 is 15.4 Å². The zero-order valence-corrected chi connectivity index (χ0v) is 15.8. The summed E-state index contributed by atoms with van der Waals surface area (Å²) in [7, 11) is -1.78. The number of hydrogen-bond donors (Lipinski definition) is 0. The molecule has 1 aliphatic rings. The van der Waals surface area contributed by atoms with Gasteiger partial charge in [0.2, 0.25) is 11.7 Å². The fourth-order valence-electron chi connectivity index (χ4n) is 2.72. The number of rotatable bonds is 4. The van der Waals surface area contributed by atoms with Crippen molar-refractivity contribution in [3.05, 3.63) is 53.7 Å². The van der Waals surface area contributed by atoms with Crippen LogP contribution in [0.3, 0.4) is 0 Å². The van der Waals surface area contributed by atoms with Crippen molar-refractivity contribution in [1.82, 2.24) is 4.98 Å². The number of methoxy groups -OCH3 is 1. The van der Waals surface area contributed by atoms with Gasteiger partial charge in [0.25, 0.3) is 0 Å². The van der Waals surface area contributed by atoms with Crippen LogP contribution in [0, 0.1) is 0 Å². The van der Waals surface area contributed by atoms with Gasteiger partial charge in [0.15, 0.2) is 15.4 Å². The fourth-order valence-corrected chi connectivity index (χ4v) is 3.36. The highest BCUT2D eigenvalue weighted by molar-refractivity contribution is 7.90. The van der Waals surface area contributed by atoms with E-state index in [0.717, 1.165) is 6.26 Å². The van der Waals surface area contributed by atoms with Crippen molar-refractivity contribution in [2.75, 3.05) is 13.4 Å². The maximum Gasteiger partial charge on any atom is 0.212 e. The monoisotopic (exact) mass is 373 g/mol. The van der Waals surface area contributed by atoms with Crippen molar-refractivity contribution in [2.45, 2.75) is 24.3 Å². The normalized spacial score (nSPS) is 16.5. The van der Waals surface area contributed by atoms with E-state index in [4.69, 9.17) is 9.47 Å². The SMILES string of the molecule is COc1ccc(C2=C(c3ccc(S(C)(=O)=O)cc3)OC(C)(C)C2=O)cn1. The smallest absolute Gasteiger partial charge is 0.212 e. The van der Waals surface area contributed by atoms with E-state index in [1.54, 1.807) is 44.3 Å². The molecule has 26 heavy (non-hydrogen) atoms. The average molecular weight is 373 g/mol. The third-order valence-corrected chi connectivity index (χ3v) is 5.27. The molecule has 6 nitrogen and oxygen atoms in total. The third kappa shape index (κ3) is 3.22. The van der Waals surface area contributed by atoms with E-state index in [0.29, 0.717) is 28.3 Å². The van der Waals surface area contributed by atoms with E-state index in [9.17, 15) is 13.2 Å². The minimum Gasteiger partial charge on any atom is -0.481 e. The molecule has 0 N–H and O–H groups in total. The zero-order valence-electron chi connectivity index (χ0n) is 14.9. The molecule has 1 aliphatic heterocycles. The molecule has 2 heterocycles. The average Bonchev–Trinajstić information content (AvgIpc) is 2.84. The van der Waals surface area contributed by atoms with Crippen molar-refractivity contribution in [3.8, 4) is 5.88 Å². The first kappa shape index (κ1) is 18.1. The second-order valence-corrected chi connectivity index (χ2v) is 8.55. The number of pyridine rings is 1. The van der Waals surface area contributed by atoms with Crippen LogP contribution in [0.4, 0.5) is 0 Å². The number of aromatic nitrogens is 1. The van der Waals surface area contributed by atoms with E-state index >= 15 is 0 Å². The molecule has 0 saturated heterocycles. The number of sulfone groups is 1. The predicted octanol–water partition coefficient (Wildman–Crippen LogP) is 2.74.